The molecule has 3 nitrogen and oxygen atoms in total. The third-order valence-corrected chi connectivity index (χ3v) is 4.11. The molecule has 0 spiro atoms. The lowest BCUT2D eigenvalue weighted by Crippen LogP contribution is -2.44. The molecule has 5 heteroatoms. The van der Waals surface area contributed by atoms with Gasteiger partial charge in [0.15, 0.2) is 0 Å². The molecule has 90 valence electrons. The third kappa shape index (κ3) is 2.99. The molecule has 17 heavy (non-hydrogen) atoms. The van der Waals surface area contributed by atoms with Gasteiger partial charge in [-0.05, 0) is 33.6 Å². The Labute approximate surface area is 114 Å². The molecule has 1 fully saturated rings. The first-order valence-corrected chi connectivity index (χ1v) is 6.69. The first-order chi connectivity index (χ1) is 8.22. The number of halogens is 2. The second-order valence-electron chi connectivity index (χ2n) is 3.99. The maximum Gasteiger partial charge on any atom is 0.123 e. The van der Waals surface area contributed by atoms with Crippen molar-refractivity contribution in [3.05, 3.63) is 33.3 Å². The van der Waals surface area contributed by atoms with Crippen molar-refractivity contribution in [2.75, 3.05) is 26.2 Å². The molecule has 0 aromatic heterocycles. The van der Waals surface area contributed by atoms with Gasteiger partial charge in [-0.3, -0.25) is 4.90 Å². The molecule has 0 bridgehead atoms. The second-order valence-corrected chi connectivity index (χ2v) is 5.25. The Kier molecular flexibility index (Phi) is 4.41. The van der Waals surface area contributed by atoms with E-state index < -0.39 is 0 Å². The van der Waals surface area contributed by atoms with Gasteiger partial charge >= 0.3 is 0 Å². The normalized spacial score (nSPS) is 18.6. The summed E-state index contributed by atoms with van der Waals surface area (Å²) in [6.07, 6.45) is 0. The summed E-state index contributed by atoms with van der Waals surface area (Å²) in [4.78, 5) is 2.19. The standard InChI is InChI=1S/C12H13BrClN3/c13-10-7-9(1-2-11(10)14)12(8-15)17-5-3-16-4-6-17/h1-2,7,12,16H,3-6H2. The molecule has 0 aliphatic carbocycles. The second kappa shape index (κ2) is 5.83. The smallest absolute Gasteiger partial charge is 0.123 e. The monoisotopic (exact) mass is 313 g/mol. The van der Waals surface area contributed by atoms with E-state index >= 15 is 0 Å². The molecule has 1 aromatic rings. The van der Waals surface area contributed by atoms with Gasteiger partial charge in [-0.25, -0.2) is 0 Å². The van der Waals surface area contributed by atoms with Crippen molar-refractivity contribution in [3.63, 3.8) is 0 Å². The number of rotatable bonds is 2. The third-order valence-electron chi connectivity index (χ3n) is 2.90. The van der Waals surface area contributed by atoms with Crippen molar-refractivity contribution in [3.8, 4) is 6.07 Å². The molecule has 1 aliphatic rings. The Bertz CT molecular complexity index is 438. The minimum atomic E-state index is -0.189. The first kappa shape index (κ1) is 12.8. The van der Waals surface area contributed by atoms with Crippen molar-refractivity contribution < 1.29 is 0 Å². The van der Waals surface area contributed by atoms with Crippen molar-refractivity contribution >= 4 is 27.5 Å². The Balaban J connectivity index is 2.22. The zero-order valence-electron chi connectivity index (χ0n) is 9.29. The summed E-state index contributed by atoms with van der Waals surface area (Å²) in [7, 11) is 0. The highest BCUT2D eigenvalue weighted by Gasteiger charge is 2.22. The zero-order valence-corrected chi connectivity index (χ0v) is 11.6. The fraction of sp³-hybridized carbons (Fsp3) is 0.417. The van der Waals surface area contributed by atoms with Gasteiger partial charge in [-0.15, -0.1) is 0 Å². The Morgan fingerprint density at radius 3 is 2.71 bits per heavy atom. The van der Waals surface area contributed by atoms with Gasteiger partial charge in [0.05, 0.1) is 11.1 Å². The number of nitrogens with one attached hydrogen (secondary N) is 1. The number of hydrogen-bond donors (Lipinski definition) is 1. The molecule has 1 aromatic carbocycles. The minimum absolute atomic E-state index is 0.189. The number of benzene rings is 1. The summed E-state index contributed by atoms with van der Waals surface area (Å²) in [6, 6.07) is 7.86. The van der Waals surface area contributed by atoms with Crippen LogP contribution in [0.2, 0.25) is 5.02 Å². The SMILES string of the molecule is N#CC(c1ccc(Cl)c(Br)c1)N1CCNCC1. The van der Waals surface area contributed by atoms with E-state index in [9.17, 15) is 5.26 Å². The number of nitrogens with zero attached hydrogens (tertiary/aromatic N) is 2. The molecule has 1 saturated heterocycles. The van der Waals surface area contributed by atoms with Crippen molar-refractivity contribution in [2.45, 2.75) is 6.04 Å². The van der Waals surface area contributed by atoms with Gasteiger partial charge in [-0.1, -0.05) is 17.7 Å². The molecule has 0 amide bonds. The van der Waals surface area contributed by atoms with Crippen LogP contribution in [0, 0.1) is 11.3 Å². The van der Waals surface area contributed by atoms with Crippen LogP contribution in [-0.2, 0) is 0 Å². The molecule has 0 saturated carbocycles. The van der Waals surface area contributed by atoms with Crippen LogP contribution >= 0.6 is 27.5 Å². The molecule has 2 rings (SSSR count). The Morgan fingerprint density at radius 1 is 1.41 bits per heavy atom. The molecule has 1 heterocycles. The maximum absolute atomic E-state index is 9.33. The van der Waals surface area contributed by atoms with Gasteiger partial charge in [0.1, 0.15) is 6.04 Å². The van der Waals surface area contributed by atoms with Crippen LogP contribution < -0.4 is 5.32 Å². The van der Waals surface area contributed by atoms with Gasteiger partial charge in [-0.2, -0.15) is 5.26 Å². The van der Waals surface area contributed by atoms with Crippen LogP contribution in [0.5, 0.6) is 0 Å². The predicted octanol–water partition coefficient (Wildman–Crippen LogP) is 2.57. The van der Waals surface area contributed by atoms with E-state index in [1.54, 1.807) is 0 Å². The highest BCUT2D eigenvalue weighted by Crippen LogP contribution is 2.28. The lowest BCUT2D eigenvalue weighted by Gasteiger charge is -2.31. The van der Waals surface area contributed by atoms with Crippen LogP contribution in [-0.4, -0.2) is 31.1 Å². The van der Waals surface area contributed by atoms with Crippen LogP contribution in [0.3, 0.4) is 0 Å². The summed E-state index contributed by atoms with van der Waals surface area (Å²) in [5.41, 5.74) is 0.991. The molecule has 1 unspecified atom stereocenters. The first-order valence-electron chi connectivity index (χ1n) is 5.51. The van der Waals surface area contributed by atoms with Gasteiger partial charge in [0.2, 0.25) is 0 Å². The van der Waals surface area contributed by atoms with Crippen LogP contribution in [0.1, 0.15) is 11.6 Å². The van der Waals surface area contributed by atoms with E-state index in [-0.39, 0.29) is 6.04 Å². The average Bonchev–Trinajstić information content (AvgIpc) is 2.36. The molecular weight excluding hydrogens is 302 g/mol. The van der Waals surface area contributed by atoms with Crippen LogP contribution in [0.4, 0.5) is 0 Å². The average molecular weight is 315 g/mol. The minimum Gasteiger partial charge on any atom is -0.314 e. The highest BCUT2D eigenvalue weighted by molar-refractivity contribution is 9.10. The highest BCUT2D eigenvalue weighted by atomic mass is 79.9. The van der Waals surface area contributed by atoms with Crippen molar-refractivity contribution in [2.24, 2.45) is 0 Å². The maximum atomic E-state index is 9.33. The number of hydrogen-bond acceptors (Lipinski definition) is 3. The molecular formula is C12H13BrClN3. The van der Waals surface area contributed by atoms with E-state index in [1.165, 1.54) is 0 Å². The summed E-state index contributed by atoms with van der Waals surface area (Å²) in [5, 5.41) is 13.3. The Morgan fingerprint density at radius 2 is 2.12 bits per heavy atom. The molecule has 1 N–H and O–H groups in total. The van der Waals surface area contributed by atoms with Gasteiger partial charge in [0, 0.05) is 30.7 Å². The Hall–Kier alpha value is -0.600. The van der Waals surface area contributed by atoms with Crippen LogP contribution in [0.15, 0.2) is 22.7 Å². The predicted molar refractivity (Wildman–Crippen MR) is 71.9 cm³/mol. The van der Waals surface area contributed by atoms with Crippen molar-refractivity contribution in [1.29, 1.82) is 5.26 Å². The lowest BCUT2D eigenvalue weighted by atomic mass is 10.1. The van der Waals surface area contributed by atoms with Gasteiger partial charge < -0.3 is 5.32 Å². The quantitative estimate of drug-likeness (QED) is 0.912. The van der Waals surface area contributed by atoms with E-state index in [0.29, 0.717) is 5.02 Å². The number of nitriles is 1. The molecule has 1 aliphatic heterocycles. The topological polar surface area (TPSA) is 39.1 Å². The van der Waals surface area contributed by atoms with Crippen LogP contribution in [0.25, 0.3) is 0 Å². The fourth-order valence-electron chi connectivity index (χ4n) is 1.99. The van der Waals surface area contributed by atoms with Crippen molar-refractivity contribution in [1.82, 2.24) is 10.2 Å². The summed E-state index contributed by atoms with van der Waals surface area (Å²) in [6.45, 7) is 3.68. The van der Waals surface area contributed by atoms with E-state index in [1.807, 2.05) is 18.2 Å². The molecule has 1 atom stereocenters. The van der Waals surface area contributed by atoms with E-state index in [0.717, 1.165) is 36.2 Å². The number of piperazine rings is 1. The molecule has 0 radical (unpaired) electrons. The van der Waals surface area contributed by atoms with Gasteiger partial charge in [0.25, 0.3) is 0 Å². The summed E-state index contributed by atoms with van der Waals surface area (Å²) in [5.74, 6) is 0. The summed E-state index contributed by atoms with van der Waals surface area (Å²) < 4.78 is 0.840. The lowest BCUT2D eigenvalue weighted by molar-refractivity contribution is 0.207. The summed E-state index contributed by atoms with van der Waals surface area (Å²) >= 11 is 9.36. The van der Waals surface area contributed by atoms with E-state index in [4.69, 9.17) is 11.6 Å². The zero-order chi connectivity index (χ0) is 12.3. The fourth-order valence-corrected chi connectivity index (χ4v) is 2.50. The largest absolute Gasteiger partial charge is 0.314 e. The van der Waals surface area contributed by atoms with E-state index in [2.05, 4.69) is 32.2 Å².